The van der Waals surface area contributed by atoms with Crippen molar-refractivity contribution in [2.45, 2.75) is 16.7 Å². The molecule has 2 aromatic carbocycles. The first-order chi connectivity index (χ1) is 10.7. The lowest BCUT2D eigenvalue weighted by molar-refractivity contribution is -0.384. The molecule has 0 atom stereocenters. The molecule has 0 radical (unpaired) electrons. The standard InChI is InChI=1S/C14H11Cl2NO5S/c1-9-2-5-11(6-3-9)23(20,21)22-13-8-10(17(18)19)4-7-12(13)14(15)16/h2-8,14H,1H3. The van der Waals surface area contributed by atoms with Crippen LogP contribution in [0, 0.1) is 17.0 Å². The predicted octanol–water partition coefficient (Wildman–Crippen LogP) is 4.15. The topological polar surface area (TPSA) is 86.5 Å². The molecule has 0 saturated heterocycles. The van der Waals surface area contributed by atoms with E-state index in [0.717, 1.165) is 11.6 Å². The second-order valence-electron chi connectivity index (χ2n) is 4.63. The second-order valence-corrected chi connectivity index (χ2v) is 7.27. The third-order valence-corrected chi connectivity index (χ3v) is 4.67. The molecule has 0 N–H and O–H groups in total. The number of aryl methyl sites for hydroxylation is 1. The smallest absolute Gasteiger partial charge is 0.339 e. The van der Waals surface area contributed by atoms with Crippen molar-refractivity contribution in [3.8, 4) is 5.75 Å². The van der Waals surface area contributed by atoms with Crippen LogP contribution in [0.3, 0.4) is 0 Å². The molecular formula is C14H11Cl2NO5S. The summed E-state index contributed by atoms with van der Waals surface area (Å²) in [6.45, 7) is 1.81. The van der Waals surface area contributed by atoms with Crippen LogP contribution >= 0.6 is 23.2 Å². The average molecular weight is 376 g/mol. The first kappa shape index (κ1) is 17.5. The van der Waals surface area contributed by atoms with Gasteiger partial charge in [-0.05, 0) is 25.1 Å². The molecule has 23 heavy (non-hydrogen) atoms. The van der Waals surface area contributed by atoms with E-state index in [1.165, 1.54) is 24.3 Å². The normalized spacial score (nSPS) is 11.5. The summed E-state index contributed by atoms with van der Waals surface area (Å²) >= 11 is 11.5. The summed E-state index contributed by atoms with van der Waals surface area (Å²) in [5, 5.41) is 10.8. The fourth-order valence-corrected chi connectivity index (χ4v) is 3.07. The van der Waals surface area contributed by atoms with Crippen LogP contribution in [0.4, 0.5) is 5.69 Å². The molecule has 2 aromatic rings. The molecule has 0 fully saturated rings. The summed E-state index contributed by atoms with van der Waals surface area (Å²) in [7, 11) is -4.17. The van der Waals surface area contributed by atoms with E-state index in [9.17, 15) is 18.5 Å². The number of rotatable bonds is 5. The number of halogens is 2. The molecule has 0 saturated carbocycles. The quantitative estimate of drug-likeness (QED) is 0.339. The number of hydrogen-bond donors (Lipinski definition) is 0. The fourth-order valence-electron chi connectivity index (χ4n) is 1.76. The van der Waals surface area contributed by atoms with Crippen LogP contribution < -0.4 is 4.18 Å². The van der Waals surface area contributed by atoms with Gasteiger partial charge in [0, 0.05) is 11.6 Å². The number of nitro groups is 1. The van der Waals surface area contributed by atoms with Crippen molar-refractivity contribution < 1.29 is 17.5 Å². The number of non-ortho nitro benzene ring substituents is 1. The molecule has 0 aliphatic carbocycles. The van der Waals surface area contributed by atoms with E-state index < -0.39 is 19.9 Å². The van der Waals surface area contributed by atoms with E-state index in [4.69, 9.17) is 27.4 Å². The van der Waals surface area contributed by atoms with Crippen LogP contribution in [0.25, 0.3) is 0 Å². The molecule has 0 aliphatic rings. The summed E-state index contributed by atoms with van der Waals surface area (Å²) in [5.41, 5.74) is 0.660. The maximum absolute atomic E-state index is 12.3. The van der Waals surface area contributed by atoms with Crippen LogP contribution in [-0.4, -0.2) is 13.3 Å². The van der Waals surface area contributed by atoms with E-state index in [0.29, 0.717) is 0 Å². The highest BCUT2D eigenvalue weighted by molar-refractivity contribution is 7.87. The van der Waals surface area contributed by atoms with E-state index in [-0.39, 0.29) is 21.9 Å². The molecule has 0 unspecified atom stereocenters. The van der Waals surface area contributed by atoms with Gasteiger partial charge in [0.1, 0.15) is 9.73 Å². The van der Waals surface area contributed by atoms with Crippen LogP contribution in [0.1, 0.15) is 16.0 Å². The summed E-state index contributed by atoms with van der Waals surface area (Å²) in [5.74, 6) is -0.283. The van der Waals surface area contributed by atoms with Crippen molar-refractivity contribution in [2.24, 2.45) is 0 Å². The lowest BCUT2D eigenvalue weighted by atomic mass is 10.2. The third kappa shape index (κ3) is 4.13. The van der Waals surface area contributed by atoms with Gasteiger partial charge in [0.2, 0.25) is 0 Å². The Balaban J connectivity index is 2.46. The zero-order chi connectivity index (χ0) is 17.2. The van der Waals surface area contributed by atoms with Crippen molar-refractivity contribution in [1.82, 2.24) is 0 Å². The van der Waals surface area contributed by atoms with Crippen LogP contribution in [0.2, 0.25) is 0 Å². The van der Waals surface area contributed by atoms with Gasteiger partial charge in [0.25, 0.3) is 5.69 Å². The number of hydrogen-bond acceptors (Lipinski definition) is 5. The summed E-state index contributed by atoms with van der Waals surface area (Å²) in [6.07, 6.45) is 0. The van der Waals surface area contributed by atoms with Crippen LogP contribution in [0.15, 0.2) is 47.4 Å². The summed E-state index contributed by atoms with van der Waals surface area (Å²) in [4.78, 5) is 8.99. The SMILES string of the molecule is Cc1ccc(S(=O)(=O)Oc2cc([N+](=O)[O-])ccc2C(Cl)Cl)cc1. The van der Waals surface area contributed by atoms with Gasteiger partial charge in [0.05, 0.1) is 11.0 Å². The maximum Gasteiger partial charge on any atom is 0.339 e. The summed E-state index contributed by atoms with van der Waals surface area (Å²) in [6, 6.07) is 9.36. The van der Waals surface area contributed by atoms with Gasteiger partial charge in [-0.15, -0.1) is 0 Å². The predicted molar refractivity (Wildman–Crippen MR) is 86.5 cm³/mol. The first-order valence-electron chi connectivity index (χ1n) is 6.28. The zero-order valence-corrected chi connectivity index (χ0v) is 14.1. The van der Waals surface area contributed by atoms with Gasteiger partial charge in [-0.25, -0.2) is 0 Å². The van der Waals surface area contributed by atoms with E-state index >= 15 is 0 Å². The number of benzene rings is 2. The highest BCUT2D eigenvalue weighted by Crippen LogP contribution is 2.36. The Hall–Kier alpha value is -1.83. The van der Waals surface area contributed by atoms with Gasteiger partial charge in [-0.3, -0.25) is 10.1 Å². The average Bonchev–Trinajstić information content (AvgIpc) is 2.46. The van der Waals surface area contributed by atoms with Crippen molar-refractivity contribution >= 4 is 39.0 Å². The molecule has 0 amide bonds. The fraction of sp³-hybridized carbons (Fsp3) is 0.143. The number of nitro benzene ring substituents is 1. The molecule has 122 valence electrons. The Morgan fingerprint density at radius 1 is 1.13 bits per heavy atom. The van der Waals surface area contributed by atoms with Crippen molar-refractivity contribution in [3.05, 3.63) is 63.7 Å². The highest BCUT2D eigenvalue weighted by atomic mass is 35.5. The Morgan fingerprint density at radius 3 is 2.26 bits per heavy atom. The van der Waals surface area contributed by atoms with Crippen molar-refractivity contribution in [2.75, 3.05) is 0 Å². The van der Waals surface area contributed by atoms with E-state index in [2.05, 4.69) is 0 Å². The molecule has 2 rings (SSSR count). The Labute approximate surface area is 142 Å². The van der Waals surface area contributed by atoms with Crippen LogP contribution in [-0.2, 0) is 10.1 Å². The van der Waals surface area contributed by atoms with Gasteiger partial charge in [0.15, 0.2) is 5.75 Å². The largest absolute Gasteiger partial charge is 0.378 e. The third-order valence-electron chi connectivity index (χ3n) is 2.95. The first-order valence-corrected chi connectivity index (χ1v) is 8.56. The lowest BCUT2D eigenvalue weighted by Crippen LogP contribution is -2.11. The summed E-state index contributed by atoms with van der Waals surface area (Å²) < 4.78 is 29.6. The van der Waals surface area contributed by atoms with Gasteiger partial charge in [-0.2, -0.15) is 8.42 Å². The second kappa shape index (κ2) is 6.74. The molecule has 0 bridgehead atoms. The molecule has 0 aliphatic heterocycles. The minimum Gasteiger partial charge on any atom is -0.378 e. The van der Waals surface area contributed by atoms with Crippen molar-refractivity contribution in [3.63, 3.8) is 0 Å². The Morgan fingerprint density at radius 2 is 1.74 bits per heavy atom. The lowest BCUT2D eigenvalue weighted by Gasteiger charge is -2.12. The van der Waals surface area contributed by atoms with Gasteiger partial charge in [-0.1, -0.05) is 40.9 Å². The molecule has 0 spiro atoms. The zero-order valence-electron chi connectivity index (χ0n) is 11.8. The molecule has 0 heterocycles. The highest BCUT2D eigenvalue weighted by Gasteiger charge is 2.23. The number of alkyl halides is 2. The van der Waals surface area contributed by atoms with E-state index in [1.54, 1.807) is 12.1 Å². The molecule has 9 heteroatoms. The minimum absolute atomic E-state index is 0.0822. The van der Waals surface area contributed by atoms with E-state index in [1.807, 2.05) is 6.92 Å². The Bertz CT molecular complexity index is 835. The monoisotopic (exact) mass is 375 g/mol. The van der Waals surface area contributed by atoms with Gasteiger partial charge >= 0.3 is 10.1 Å². The molecule has 6 nitrogen and oxygen atoms in total. The molecular weight excluding hydrogens is 365 g/mol. The number of nitrogens with zero attached hydrogens (tertiary/aromatic N) is 1. The Kier molecular flexibility index (Phi) is 5.13. The maximum atomic E-state index is 12.3. The minimum atomic E-state index is -4.17. The van der Waals surface area contributed by atoms with Crippen LogP contribution in [0.5, 0.6) is 5.75 Å². The van der Waals surface area contributed by atoms with Gasteiger partial charge < -0.3 is 4.18 Å². The van der Waals surface area contributed by atoms with Crippen molar-refractivity contribution in [1.29, 1.82) is 0 Å². The molecule has 0 aromatic heterocycles.